The van der Waals surface area contributed by atoms with Crippen LogP contribution in [0.5, 0.6) is 0 Å². The molecule has 1 unspecified atom stereocenters. The minimum Gasteiger partial charge on any atom is -0.387 e. The van der Waals surface area contributed by atoms with Crippen LogP contribution in [-0.2, 0) is 0 Å². The van der Waals surface area contributed by atoms with Gasteiger partial charge in [0.1, 0.15) is 11.6 Å². The highest BCUT2D eigenvalue weighted by atomic mass is 19.1. The maximum Gasteiger partial charge on any atom is 0.131 e. The van der Waals surface area contributed by atoms with Gasteiger partial charge in [-0.3, -0.25) is 0 Å². The molecule has 1 aliphatic heterocycles. The zero-order valence-electron chi connectivity index (χ0n) is 15.4. The van der Waals surface area contributed by atoms with Crippen LogP contribution in [0.15, 0.2) is 42.5 Å². The molecule has 0 saturated carbocycles. The predicted molar refractivity (Wildman–Crippen MR) is 103 cm³/mol. The molecule has 2 aromatic carbocycles. The smallest absolute Gasteiger partial charge is 0.131 e. The molecule has 0 bridgehead atoms. The third-order valence-corrected chi connectivity index (χ3v) is 5.69. The number of aliphatic hydroxyl groups is 1. The van der Waals surface area contributed by atoms with Crippen LogP contribution in [0.3, 0.4) is 0 Å². The lowest BCUT2D eigenvalue weighted by Crippen LogP contribution is -2.36. The van der Waals surface area contributed by atoms with Crippen molar-refractivity contribution in [2.45, 2.75) is 31.8 Å². The van der Waals surface area contributed by atoms with Crippen molar-refractivity contribution in [2.24, 2.45) is 0 Å². The molecule has 0 amide bonds. The Morgan fingerprint density at radius 2 is 1.89 bits per heavy atom. The van der Waals surface area contributed by atoms with Crippen LogP contribution in [0.4, 0.5) is 8.78 Å². The van der Waals surface area contributed by atoms with Crippen molar-refractivity contribution in [3.63, 3.8) is 0 Å². The molecule has 1 fully saturated rings. The fraction of sp³-hybridized carbons (Fsp3) is 0.364. The molecule has 3 aromatic rings. The molecule has 27 heavy (non-hydrogen) atoms. The number of fused-ring (bicyclic) bond motifs is 1. The van der Waals surface area contributed by atoms with Crippen LogP contribution in [0.2, 0.25) is 0 Å². The summed E-state index contributed by atoms with van der Waals surface area (Å²) in [7, 11) is 0. The summed E-state index contributed by atoms with van der Waals surface area (Å²) < 4.78 is 26.9. The normalized spacial score (nSPS) is 17.5. The number of aryl methyl sites for hydroxylation is 1. The van der Waals surface area contributed by atoms with Crippen LogP contribution < -0.4 is 0 Å². The monoisotopic (exact) mass is 370 g/mol. The number of H-pyrrole nitrogens is 1. The molecule has 1 aromatic heterocycles. The Morgan fingerprint density at radius 1 is 1.15 bits per heavy atom. The van der Waals surface area contributed by atoms with Gasteiger partial charge in [0.05, 0.1) is 6.10 Å². The third kappa shape index (κ3) is 3.62. The summed E-state index contributed by atoms with van der Waals surface area (Å²) in [6.45, 7) is 4.19. The molecular weight excluding hydrogens is 346 g/mol. The maximum absolute atomic E-state index is 13.9. The van der Waals surface area contributed by atoms with E-state index < -0.39 is 17.7 Å². The van der Waals surface area contributed by atoms with E-state index in [-0.39, 0.29) is 5.56 Å². The van der Waals surface area contributed by atoms with E-state index in [1.54, 1.807) is 0 Å². The number of aliphatic hydroxyl groups excluding tert-OH is 1. The van der Waals surface area contributed by atoms with E-state index in [4.69, 9.17) is 0 Å². The summed E-state index contributed by atoms with van der Waals surface area (Å²) in [6, 6.07) is 11.7. The molecule has 142 valence electrons. The predicted octanol–water partition coefficient (Wildman–Crippen LogP) is 4.67. The minimum absolute atomic E-state index is 0.158. The van der Waals surface area contributed by atoms with Gasteiger partial charge in [0.25, 0.3) is 0 Å². The van der Waals surface area contributed by atoms with E-state index in [9.17, 15) is 13.9 Å². The Kier molecular flexibility index (Phi) is 4.98. The molecule has 1 saturated heterocycles. The lowest BCUT2D eigenvalue weighted by molar-refractivity contribution is 0.0947. The molecule has 1 atom stereocenters. The van der Waals surface area contributed by atoms with Gasteiger partial charge in [-0.05, 0) is 56.5 Å². The number of benzene rings is 2. The molecule has 0 radical (unpaired) electrons. The lowest BCUT2D eigenvalue weighted by Gasteiger charge is -2.33. The Balaban J connectivity index is 1.42. The summed E-state index contributed by atoms with van der Waals surface area (Å²) in [5.41, 5.74) is 3.96. The van der Waals surface area contributed by atoms with Gasteiger partial charge in [0, 0.05) is 34.8 Å². The molecule has 5 heteroatoms. The van der Waals surface area contributed by atoms with Crippen LogP contribution in [0.25, 0.3) is 10.9 Å². The first-order chi connectivity index (χ1) is 13.0. The van der Waals surface area contributed by atoms with Crippen LogP contribution in [0.1, 0.15) is 41.7 Å². The van der Waals surface area contributed by atoms with Crippen LogP contribution in [0, 0.1) is 18.6 Å². The van der Waals surface area contributed by atoms with Gasteiger partial charge in [-0.25, -0.2) is 8.78 Å². The van der Waals surface area contributed by atoms with E-state index in [2.05, 4.69) is 35.0 Å². The van der Waals surface area contributed by atoms with E-state index in [1.807, 2.05) is 6.07 Å². The van der Waals surface area contributed by atoms with E-state index in [0.717, 1.165) is 32.0 Å². The molecule has 4 rings (SSSR count). The van der Waals surface area contributed by atoms with E-state index in [0.29, 0.717) is 12.5 Å². The van der Waals surface area contributed by atoms with Gasteiger partial charge < -0.3 is 15.0 Å². The van der Waals surface area contributed by atoms with Crippen molar-refractivity contribution in [3.05, 3.63) is 70.9 Å². The van der Waals surface area contributed by atoms with Crippen molar-refractivity contribution in [1.82, 2.24) is 9.88 Å². The zero-order chi connectivity index (χ0) is 19.0. The van der Waals surface area contributed by atoms with Crippen LogP contribution in [-0.4, -0.2) is 34.6 Å². The van der Waals surface area contributed by atoms with Gasteiger partial charge >= 0.3 is 0 Å². The van der Waals surface area contributed by atoms with E-state index >= 15 is 0 Å². The van der Waals surface area contributed by atoms with Gasteiger partial charge in [0.15, 0.2) is 0 Å². The van der Waals surface area contributed by atoms with Gasteiger partial charge in [-0.2, -0.15) is 0 Å². The number of aromatic nitrogens is 1. The number of nitrogens with one attached hydrogen (secondary N) is 1. The SMILES string of the molecule is Cc1[nH]c2ccccc2c1C1CCN(CC(O)c2ccc(F)cc2F)CC1. The Bertz CT molecular complexity index is 945. The number of para-hydroxylation sites is 1. The maximum atomic E-state index is 13.9. The number of nitrogens with zero attached hydrogens (tertiary/aromatic N) is 1. The van der Waals surface area contributed by atoms with Crippen molar-refractivity contribution in [1.29, 1.82) is 0 Å². The summed E-state index contributed by atoms with van der Waals surface area (Å²) >= 11 is 0. The number of rotatable bonds is 4. The fourth-order valence-electron chi connectivity index (χ4n) is 4.34. The summed E-state index contributed by atoms with van der Waals surface area (Å²) in [4.78, 5) is 5.63. The number of piperidine rings is 1. The average molecular weight is 370 g/mol. The van der Waals surface area contributed by atoms with E-state index in [1.165, 1.54) is 34.3 Å². The number of hydrogen-bond donors (Lipinski definition) is 2. The number of likely N-dealkylation sites (tertiary alicyclic amines) is 1. The second-order valence-corrected chi connectivity index (χ2v) is 7.47. The first-order valence-electron chi connectivity index (χ1n) is 9.45. The molecule has 2 N–H and O–H groups in total. The molecule has 0 spiro atoms. The first-order valence-corrected chi connectivity index (χ1v) is 9.45. The molecule has 1 aliphatic rings. The van der Waals surface area contributed by atoms with Crippen molar-refractivity contribution < 1.29 is 13.9 Å². The average Bonchev–Trinajstić information content (AvgIpc) is 2.98. The van der Waals surface area contributed by atoms with Crippen molar-refractivity contribution in [2.75, 3.05) is 19.6 Å². The topological polar surface area (TPSA) is 39.3 Å². The highest BCUT2D eigenvalue weighted by Gasteiger charge is 2.26. The number of β-amino-alcohol motifs (C(OH)–C–C–N with tert-alkyl or cyclic N) is 1. The van der Waals surface area contributed by atoms with Gasteiger partial charge in [0.2, 0.25) is 0 Å². The minimum atomic E-state index is -0.947. The Morgan fingerprint density at radius 3 is 2.63 bits per heavy atom. The number of aromatic amines is 1. The molecule has 2 heterocycles. The zero-order valence-corrected chi connectivity index (χ0v) is 15.4. The number of halogens is 2. The second kappa shape index (κ2) is 7.41. The van der Waals surface area contributed by atoms with Gasteiger partial charge in [-0.1, -0.05) is 24.3 Å². The van der Waals surface area contributed by atoms with Crippen molar-refractivity contribution >= 4 is 10.9 Å². The lowest BCUT2D eigenvalue weighted by atomic mass is 9.87. The molecule has 0 aliphatic carbocycles. The first kappa shape index (κ1) is 18.1. The standard InChI is InChI=1S/C22H24F2N2O/c1-14-22(18-4-2-3-5-20(18)25-14)15-8-10-26(11-9-15)13-21(27)17-7-6-16(23)12-19(17)24/h2-7,12,15,21,25,27H,8-11,13H2,1H3. The highest BCUT2D eigenvalue weighted by Crippen LogP contribution is 2.36. The fourth-order valence-corrected chi connectivity index (χ4v) is 4.34. The summed E-state index contributed by atoms with van der Waals surface area (Å²) in [5, 5.41) is 11.7. The molecular formula is C22H24F2N2O. The van der Waals surface area contributed by atoms with Crippen molar-refractivity contribution in [3.8, 4) is 0 Å². The molecule has 3 nitrogen and oxygen atoms in total. The Hall–Kier alpha value is -2.24. The quantitative estimate of drug-likeness (QED) is 0.701. The van der Waals surface area contributed by atoms with Gasteiger partial charge in [-0.15, -0.1) is 0 Å². The second-order valence-electron chi connectivity index (χ2n) is 7.47. The summed E-state index contributed by atoms with van der Waals surface area (Å²) in [6.07, 6.45) is 1.06. The highest BCUT2D eigenvalue weighted by molar-refractivity contribution is 5.85. The van der Waals surface area contributed by atoms with Crippen LogP contribution >= 0.6 is 0 Å². The third-order valence-electron chi connectivity index (χ3n) is 5.69. The summed E-state index contributed by atoms with van der Waals surface area (Å²) in [5.74, 6) is -0.831. The largest absolute Gasteiger partial charge is 0.387 e. The number of hydrogen-bond acceptors (Lipinski definition) is 2. The Labute approximate surface area is 157 Å².